The summed E-state index contributed by atoms with van der Waals surface area (Å²) < 4.78 is 5.49. The van der Waals surface area contributed by atoms with Gasteiger partial charge in [0.2, 0.25) is 0 Å². The quantitative estimate of drug-likeness (QED) is 0.365. The standard InChI is InChI=1S/C17H23N3OS/c1-2-11-21-16-10-6-7-14(12-16)13-18-20-17(22)19-15-8-4-3-5-9-15/h2,6-7,10,12-13,15H,1,3-5,8-9,11H2,(H2,19,20,22). The summed E-state index contributed by atoms with van der Waals surface area (Å²) in [5, 5.41) is 8.07. The zero-order chi connectivity index (χ0) is 15.6. The molecule has 1 aliphatic carbocycles. The highest BCUT2D eigenvalue weighted by Crippen LogP contribution is 2.17. The lowest BCUT2D eigenvalue weighted by Crippen LogP contribution is -2.40. The van der Waals surface area contributed by atoms with E-state index < -0.39 is 0 Å². The number of hydrogen-bond acceptors (Lipinski definition) is 3. The van der Waals surface area contributed by atoms with Crippen LogP contribution in [0, 0.1) is 0 Å². The van der Waals surface area contributed by atoms with E-state index in [1.165, 1.54) is 32.1 Å². The predicted octanol–water partition coefficient (Wildman–Crippen LogP) is 3.38. The Morgan fingerprint density at radius 3 is 2.95 bits per heavy atom. The summed E-state index contributed by atoms with van der Waals surface area (Å²) in [6.07, 6.45) is 9.72. The average Bonchev–Trinajstić information content (AvgIpc) is 2.54. The summed E-state index contributed by atoms with van der Waals surface area (Å²) in [5.74, 6) is 0.798. The topological polar surface area (TPSA) is 45.6 Å². The molecule has 5 heteroatoms. The van der Waals surface area contributed by atoms with E-state index in [9.17, 15) is 0 Å². The highest BCUT2D eigenvalue weighted by Gasteiger charge is 2.13. The third-order valence-corrected chi connectivity index (χ3v) is 3.76. The van der Waals surface area contributed by atoms with Crippen molar-refractivity contribution in [2.75, 3.05) is 6.61 Å². The maximum atomic E-state index is 5.49. The second kappa shape index (κ2) is 9.20. The van der Waals surface area contributed by atoms with Crippen molar-refractivity contribution >= 4 is 23.5 Å². The molecule has 0 bridgehead atoms. The largest absolute Gasteiger partial charge is 0.490 e. The summed E-state index contributed by atoms with van der Waals surface area (Å²) in [6.45, 7) is 4.13. The number of rotatable bonds is 6. The summed E-state index contributed by atoms with van der Waals surface area (Å²) in [4.78, 5) is 0. The van der Waals surface area contributed by atoms with Gasteiger partial charge in [-0.1, -0.05) is 44.1 Å². The molecule has 0 aromatic heterocycles. The van der Waals surface area contributed by atoms with Crippen molar-refractivity contribution in [2.24, 2.45) is 5.10 Å². The Morgan fingerprint density at radius 1 is 1.36 bits per heavy atom. The van der Waals surface area contributed by atoms with Crippen molar-refractivity contribution in [1.29, 1.82) is 0 Å². The van der Waals surface area contributed by atoms with Crippen LogP contribution in [0.15, 0.2) is 42.0 Å². The number of nitrogens with one attached hydrogen (secondary N) is 2. The number of hydrazone groups is 1. The number of hydrogen-bond donors (Lipinski definition) is 2. The summed E-state index contributed by atoms with van der Waals surface area (Å²) in [5.41, 5.74) is 3.83. The van der Waals surface area contributed by atoms with Crippen LogP contribution in [0.1, 0.15) is 37.7 Å². The van der Waals surface area contributed by atoms with E-state index in [1.807, 2.05) is 24.3 Å². The molecule has 0 heterocycles. The molecule has 0 saturated heterocycles. The molecule has 0 radical (unpaired) electrons. The van der Waals surface area contributed by atoms with Crippen LogP contribution < -0.4 is 15.5 Å². The molecular weight excluding hydrogens is 294 g/mol. The minimum absolute atomic E-state index is 0.486. The molecule has 1 aromatic rings. The van der Waals surface area contributed by atoms with Crippen LogP contribution in [0.2, 0.25) is 0 Å². The second-order valence-corrected chi connectivity index (χ2v) is 5.76. The van der Waals surface area contributed by atoms with Gasteiger partial charge in [0, 0.05) is 6.04 Å². The van der Waals surface area contributed by atoms with Crippen LogP contribution >= 0.6 is 12.2 Å². The molecule has 118 valence electrons. The molecule has 1 aliphatic rings. The van der Waals surface area contributed by atoms with Gasteiger partial charge < -0.3 is 10.1 Å². The SMILES string of the molecule is C=CCOc1cccc(C=NNC(=S)NC2CCCCC2)c1. The Kier molecular flexibility index (Phi) is 6.90. The van der Waals surface area contributed by atoms with Gasteiger partial charge in [0.15, 0.2) is 5.11 Å². The van der Waals surface area contributed by atoms with Crippen molar-refractivity contribution in [3.8, 4) is 5.75 Å². The second-order valence-electron chi connectivity index (χ2n) is 5.35. The molecule has 1 saturated carbocycles. The van der Waals surface area contributed by atoms with E-state index in [0.29, 0.717) is 17.8 Å². The molecule has 1 fully saturated rings. The number of nitrogens with zero attached hydrogens (tertiary/aromatic N) is 1. The van der Waals surface area contributed by atoms with Crippen molar-refractivity contribution in [3.05, 3.63) is 42.5 Å². The van der Waals surface area contributed by atoms with Gasteiger partial charge in [-0.15, -0.1) is 0 Å². The normalized spacial score (nSPS) is 15.5. The molecule has 2 rings (SSSR count). The molecule has 0 amide bonds. The monoisotopic (exact) mass is 317 g/mol. The first-order valence-corrected chi connectivity index (χ1v) is 8.12. The van der Waals surface area contributed by atoms with Gasteiger partial charge in [-0.05, 0) is 42.8 Å². The Morgan fingerprint density at radius 2 is 2.18 bits per heavy atom. The maximum absolute atomic E-state index is 5.49. The fourth-order valence-electron chi connectivity index (χ4n) is 2.47. The maximum Gasteiger partial charge on any atom is 0.187 e. The number of thiocarbonyl (C=S) groups is 1. The average molecular weight is 317 g/mol. The molecular formula is C17H23N3OS. The van der Waals surface area contributed by atoms with Gasteiger partial charge in [0.05, 0.1) is 6.21 Å². The van der Waals surface area contributed by atoms with E-state index in [4.69, 9.17) is 17.0 Å². The van der Waals surface area contributed by atoms with Crippen molar-refractivity contribution < 1.29 is 4.74 Å². The zero-order valence-corrected chi connectivity index (χ0v) is 13.6. The molecule has 0 atom stereocenters. The Balaban J connectivity index is 1.78. The highest BCUT2D eigenvalue weighted by molar-refractivity contribution is 7.80. The third kappa shape index (κ3) is 5.85. The van der Waals surface area contributed by atoms with Crippen LogP contribution in [0.4, 0.5) is 0 Å². The van der Waals surface area contributed by atoms with Gasteiger partial charge in [-0.2, -0.15) is 5.10 Å². The molecule has 0 aliphatic heterocycles. The van der Waals surface area contributed by atoms with E-state index in [-0.39, 0.29) is 0 Å². The lowest BCUT2D eigenvalue weighted by atomic mass is 9.96. The minimum Gasteiger partial charge on any atom is -0.490 e. The molecule has 2 N–H and O–H groups in total. The van der Waals surface area contributed by atoms with Crippen molar-refractivity contribution in [2.45, 2.75) is 38.1 Å². The molecule has 0 spiro atoms. The minimum atomic E-state index is 0.486. The Bertz CT molecular complexity index is 524. The Hall–Kier alpha value is -1.88. The van der Waals surface area contributed by atoms with Gasteiger partial charge in [0.1, 0.15) is 12.4 Å². The smallest absolute Gasteiger partial charge is 0.187 e. The fourth-order valence-corrected chi connectivity index (χ4v) is 2.69. The fraction of sp³-hybridized carbons (Fsp3) is 0.412. The molecule has 0 unspecified atom stereocenters. The number of benzene rings is 1. The third-order valence-electron chi connectivity index (χ3n) is 3.55. The lowest BCUT2D eigenvalue weighted by molar-refractivity contribution is 0.363. The molecule has 1 aromatic carbocycles. The summed E-state index contributed by atoms with van der Waals surface area (Å²) in [6, 6.07) is 8.21. The molecule has 22 heavy (non-hydrogen) atoms. The summed E-state index contributed by atoms with van der Waals surface area (Å²) in [7, 11) is 0. The zero-order valence-electron chi connectivity index (χ0n) is 12.8. The van der Waals surface area contributed by atoms with Crippen molar-refractivity contribution in [1.82, 2.24) is 10.7 Å². The van der Waals surface area contributed by atoms with E-state index in [2.05, 4.69) is 22.4 Å². The van der Waals surface area contributed by atoms with Crippen LogP contribution in [0.25, 0.3) is 0 Å². The van der Waals surface area contributed by atoms with E-state index in [1.54, 1.807) is 12.3 Å². The van der Waals surface area contributed by atoms with Gasteiger partial charge >= 0.3 is 0 Å². The van der Waals surface area contributed by atoms with Gasteiger partial charge in [-0.25, -0.2) is 0 Å². The molecule has 4 nitrogen and oxygen atoms in total. The van der Waals surface area contributed by atoms with Gasteiger partial charge in [0.25, 0.3) is 0 Å². The first-order chi connectivity index (χ1) is 10.8. The van der Waals surface area contributed by atoms with E-state index in [0.717, 1.165) is 11.3 Å². The van der Waals surface area contributed by atoms with Crippen LogP contribution in [0.5, 0.6) is 5.75 Å². The van der Waals surface area contributed by atoms with Gasteiger partial charge in [-0.3, -0.25) is 5.43 Å². The highest BCUT2D eigenvalue weighted by atomic mass is 32.1. The first kappa shape index (κ1) is 16.5. The number of ether oxygens (including phenoxy) is 1. The van der Waals surface area contributed by atoms with E-state index >= 15 is 0 Å². The predicted molar refractivity (Wildman–Crippen MR) is 95.5 cm³/mol. The Labute approximate surface area is 137 Å². The summed E-state index contributed by atoms with van der Waals surface area (Å²) >= 11 is 5.26. The van der Waals surface area contributed by atoms with Crippen LogP contribution in [-0.2, 0) is 0 Å². The van der Waals surface area contributed by atoms with Crippen molar-refractivity contribution in [3.63, 3.8) is 0 Å². The van der Waals surface area contributed by atoms with Crippen LogP contribution in [-0.4, -0.2) is 24.0 Å². The van der Waals surface area contributed by atoms with Crippen LogP contribution in [0.3, 0.4) is 0 Å². The first-order valence-electron chi connectivity index (χ1n) is 7.71. The lowest BCUT2D eigenvalue weighted by Gasteiger charge is -2.23.